The highest BCUT2D eigenvalue weighted by molar-refractivity contribution is 7.89. The molecule has 1 heterocycles. The number of rotatable bonds is 4. The normalized spacial score (nSPS) is 10.8. The number of hydrogen-bond acceptors (Lipinski definition) is 5. The van der Waals surface area contributed by atoms with E-state index in [-0.39, 0.29) is 4.90 Å². The Bertz CT molecular complexity index is 749. The Morgan fingerprint density at radius 3 is 2.70 bits per heavy atom. The van der Waals surface area contributed by atoms with Gasteiger partial charge in [0, 0.05) is 6.54 Å². The first-order valence-electron chi connectivity index (χ1n) is 5.71. The summed E-state index contributed by atoms with van der Waals surface area (Å²) in [7, 11) is -3.69. The Hall–Kier alpha value is -2.43. The maximum absolute atomic E-state index is 11.2. The zero-order chi connectivity index (χ0) is 14.6. The zero-order valence-corrected chi connectivity index (χ0v) is 11.3. The number of sulfonamides is 1. The lowest BCUT2D eigenvalue weighted by Crippen LogP contribution is -2.12. The minimum absolute atomic E-state index is 0.0785. The predicted molar refractivity (Wildman–Crippen MR) is 74.1 cm³/mol. The van der Waals surface area contributed by atoms with Gasteiger partial charge in [0.15, 0.2) is 0 Å². The maximum atomic E-state index is 11.2. The van der Waals surface area contributed by atoms with Gasteiger partial charge in [-0.1, -0.05) is 12.1 Å². The second kappa shape index (κ2) is 5.69. The van der Waals surface area contributed by atoms with Crippen molar-refractivity contribution in [2.24, 2.45) is 5.14 Å². The van der Waals surface area contributed by atoms with E-state index in [0.717, 1.165) is 11.3 Å². The summed E-state index contributed by atoms with van der Waals surface area (Å²) in [6.07, 6.45) is 1.54. The summed E-state index contributed by atoms with van der Waals surface area (Å²) < 4.78 is 22.5. The minimum atomic E-state index is -3.69. The van der Waals surface area contributed by atoms with Crippen LogP contribution in [0.4, 0.5) is 5.69 Å². The average molecular weight is 288 g/mol. The third-order valence-corrected chi connectivity index (χ3v) is 3.51. The quantitative estimate of drug-likeness (QED) is 0.879. The smallest absolute Gasteiger partial charge is 0.238 e. The molecule has 2 aromatic rings. The van der Waals surface area contributed by atoms with Gasteiger partial charge >= 0.3 is 0 Å². The molecule has 20 heavy (non-hydrogen) atoms. The highest BCUT2D eigenvalue weighted by Crippen LogP contribution is 2.12. The Labute approximate surface area is 116 Å². The van der Waals surface area contributed by atoms with Crippen molar-refractivity contribution < 1.29 is 8.42 Å². The van der Waals surface area contributed by atoms with E-state index < -0.39 is 10.0 Å². The van der Waals surface area contributed by atoms with Crippen molar-refractivity contribution in [2.45, 2.75) is 11.4 Å². The molecule has 0 aliphatic heterocycles. The fourth-order valence-electron chi connectivity index (χ4n) is 1.60. The van der Waals surface area contributed by atoms with E-state index in [2.05, 4.69) is 10.3 Å². The lowest BCUT2D eigenvalue weighted by molar-refractivity contribution is 0.597. The fraction of sp³-hybridized carbons (Fsp3) is 0.0769. The van der Waals surface area contributed by atoms with Crippen LogP contribution in [0.25, 0.3) is 0 Å². The number of aromatic nitrogens is 1. The molecular weight excluding hydrogens is 276 g/mol. The molecule has 0 amide bonds. The van der Waals surface area contributed by atoms with E-state index in [1.807, 2.05) is 6.07 Å². The van der Waals surface area contributed by atoms with Gasteiger partial charge in [-0.15, -0.1) is 0 Å². The van der Waals surface area contributed by atoms with Gasteiger partial charge in [0.1, 0.15) is 11.8 Å². The van der Waals surface area contributed by atoms with Crippen molar-refractivity contribution in [1.29, 1.82) is 5.26 Å². The van der Waals surface area contributed by atoms with Gasteiger partial charge in [-0.2, -0.15) is 5.26 Å². The van der Waals surface area contributed by atoms with Crippen LogP contribution in [0.2, 0.25) is 0 Å². The summed E-state index contributed by atoms with van der Waals surface area (Å²) in [5, 5.41) is 16.8. The number of pyridine rings is 1. The van der Waals surface area contributed by atoms with Gasteiger partial charge in [-0.3, -0.25) is 0 Å². The Balaban J connectivity index is 2.09. The molecule has 7 heteroatoms. The van der Waals surface area contributed by atoms with Crippen LogP contribution in [0.15, 0.2) is 47.5 Å². The number of nitrogens with two attached hydrogens (primary N) is 1. The van der Waals surface area contributed by atoms with Gasteiger partial charge in [-0.25, -0.2) is 18.5 Å². The van der Waals surface area contributed by atoms with Gasteiger partial charge < -0.3 is 5.32 Å². The molecule has 2 rings (SSSR count). The Morgan fingerprint density at radius 2 is 2.10 bits per heavy atom. The van der Waals surface area contributed by atoms with E-state index in [1.54, 1.807) is 30.5 Å². The predicted octanol–water partition coefficient (Wildman–Crippen LogP) is 1.21. The lowest BCUT2D eigenvalue weighted by atomic mass is 10.2. The Kier molecular flexibility index (Phi) is 3.98. The summed E-state index contributed by atoms with van der Waals surface area (Å²) in [6, 6.07) is 11.6. The number of primary sulfonamides is 1. The number of benzene rings is 1. The molecule has 0 aliphatic carbocycles. The molecule has 0 radical (unpaired) electrons. The standard InChI is InChI=1S/C13H12N4O2S/c14-7-11-4-5-12(9-17-11)16-8-10-2-1-3-13(6-10)20(15,18)19/h1-6,9,16H,8H2,(H2,15,18,19). The van der Waals surface area contributed by atoms with Crippen LogP contribution in [0.3, 0.4) is 0 Å². The van der Waals surface area contributed by atoms with E-state index in [1.165, 1.54) is 12.1 Å². The van der Waals surface area contributed by atoms with Crippen LogP contribution in [-0.4, -0.2) is 13.4 Å². The maximum Gasteiger partial charge on any atom is 0.238 e. The Morgan fingerprint density at radius 1 is 1.30 bits per heavy atom. The molecule has 0 saturated heterocycles. The summed E-state index contributed by atoms with van der Waals surface area (Å²) in [5.41, 5.74) is 1.86. The van der Waals surface area contributed by atoms with Crippen molar-refractivity contribution >= 4 is 15.7 Å². The van der Waals surface area contributed by atoms with Gasteiger partial charge in [0.25, 0.3) is 0 Å². The van der Waals surface area contributed by atoms with Crippen LogP contribution >= 0.6 is 0 Å². The van der Waals surface area contributed by atoms with E-state index in [4.69, 9.17) is 10.4 Å². The van der Waals surface area contributed by atoms with Gasteiger partial charge in [0.05, 0.1) is 16.8 Å². The molecule has 0 fully saturated rings. The number of nitriles is 1. The second-order valence-corrected chi connectivity index (χ2v) is 5.65. The topological polar surface area (TPSA) is 109 Å². The molecule has 0 bridgehead atoms. The van der Waals surface area contributed by atoms with Crippen molar-refractivity contribution in [3.8, 4) is 6.07 Å². The molecule has 3 N–H and O–H groups in total. The number of hydrogen-bond donors (Lipinski definition) is 2. The third-order valence-electron chi connectivity index (χ3n) is 2.60. The molecule has 0 aliphatic rings. The monoisotopic (exact) mass is 288 g/mol. The number of nitrogens with zero attached hydrogens (tertiary/aromatic N) is 2. The van der Waals surface area contributed by atoms with Gasteiger partial charge in [0.2, 0.25) is 10.0 Å². The first-order chi connectivity index (χ1) is 9.49. The fourth-order valence-corrected chi connectivity index (χ4v) is 2.19. The van der Waals surface area contributed by atoms with Crippen molar-refractivity contribution in [3.63, 3.8) is 0 Å². The van der Waals surface area contributed by atoms with Crippen molar-refractivity contribution in [3.05, 3.63) is 53.9 Å². The summed E-state index contributed by atoms with van der Waals surface area (Å²) in [4.78, 5) is 4.01. The first kappa shape index (κ1) is 14.0. The molecule has 1 aromatic carbocycles. The van der Waals surface area contributed by atoms with Crippen LogP contribution in [0.1, 0.15) is 11.3 Å². The molecule has 1 aromatic heterocycles. The molecule has 0 atom stereocenters. The minimum Gasteiger partial charge on any atom is -0.380 e. The van der Waals surface area contributed by atoms with Crippen molar-refractivity contribution in [1.82, 2.24) is 4.98 Å². The molecule has 0 unspecified atom stereocenters. The van der Waals surface area contributed by atoms with Crippen LogP contribution in [0.5, 0.6) is 0 Å². The lowest BCUT2D eigenvalue weighted by Gasteiger charge is -2.07. The number of anilines is 1. The summed E-state index contributed by atoms with van der Waals surface area (Å²) in [5.74, 6) is 0. The average Bonchev–Trinajstić information content (AvgIpc) is 2.45. The molecular formula is C13H12N4O2S. The number of nitrogens with one attached hydrogen (secondary N) is 1. The molecule has 102 valence electrons. The molecule has 0 spiro atoms. The molecule has 0 saturated carbocycles. The van der Waals surface area contributed by atoms with E-state index in [9.17, 15) is 8.42 Å². The van der Waals surface area contributed by atoms with Crippen LogP contribution in [0, 0.1) is 11.3 Å². The zero-order valence-electron chi connectivity index (χ0n) is 10.4. The van der Waals surface area contributed by atoms with Crippen LogP contribution in [-0.2, 0) is 16.6 Å². The van der Waals surface area contributed by atoms with E-state index in [0.29, 0.717) is 12.2 Å². The van der Waals surface area contributed by atoms with Crippen LogP contribution < -0.4 is 10.5 Å². The SMILES string of the molecule is N#Cc1ccc(NCc2cccc(S(N)(=O)=O)c2)cn1. The first-order valence-corrected chi connectivity index (χ1v) is 7.25. The largest absolute Gasteiger partial charge is 0.380 e. The summed E-state index contributed by atoms with van der Waals surface area (Å²) >= 11 is 0. The summed E-state index contributed by atoms with van der Waals surface area (Å²) in [6.45, 7) is 0.428. The highest BCUT2D eigenvalue weighted by Gasteiger charge is 2.07. The highest BCUT2D eigenvalue weighted by atomic mass is 32.2. The van der Waals surface area contributed by atoms with Crippen molar-refractivity contribution in [2.75, 3.05) is 5.32 Å². The second-order valence-electron chi connectivity index (χ2n) is 4.09. The van der Waals surface area contributed by atoms with Gasteiger partial charge in [-0.05, 0) is 29.8 Å². The molecule has 6 nitrogen and oxygen atoms in total. The van der Waals surface area contributed by atoms with E-state index >= 15 is 0 Å². The third kappa shape index (κ3) is 3.54.